The van der Waals surface area contributed by atoms with Gasteiger partial charge in [-0.3, -0.25) is 14.6 Å². The molecule has 5 heterocycles. The van der Waals surface area contributed by atoms with E-state index in [2.05, 4.69) is 45.4 Å². The summed E-state index contributed by atoms with van der Waals surface area (Å²) in [5.74, 6) is 0.285. The lowest BCUT2D eigenvalue weighted by molar-refractivity contribution is -0.142. The number of rotatable bonds is 8. The van der Waals surface area contributed by atoms with E-state index in [1.807, 2.05) is 24.3 Å². The first-order valence-electron chi connectivity index (χ1n) is 17.1. The number of benzene rings is 2. The third kappa shape index (κ3) is 6.42. The highest BCUT2D eigenvalue weighted by atomic mass is 19.1. The molecule has 1 amide bonds. The number of nitrogens with two attached hydrogens (primary N) is 1. The molecule has 3 aliphatic rings. The van der Waals surface area contributed by atoms with Crippen molar-refractivity contribution in [1.29, 1.82) is 0 Å². The van der Waals surface area contributed by atoms with Gasteiger partial charge in [-0.2, -0.15) is 5.10 Å². The van der Waals surface area contributed by atoms with Crippen molar-refractivity contribution in [2.75, 3.05) is 58.2 Å². The van der Waals surface area contributed by atoms with Crippen molar-refractivity contribution in [1.82, 2.24) is 34.4 Å². The summed E-state index contributed by atoms with van der Waals surface area (Å²) in [7, 11) is 0. The van der Waals surface area contributed by atoms with Gasteiger partial charge in [0.25, 0.3) is 5.91 Å². The van der Waals surface area contributed by atoms with E-state index < -0.39 is 11.4 Å². The maximum atomic E-state index is 15.7. The number of carbonyl (C=O) groups is 1. The standard InChI is InChI=1S/C37H42FN9O3/c1-36(2,45-15-17-46(18-16-45)37(3)22-49-23-37)20-30(40-4)35(48)44-14-8-9-25(21-44)47-34-31(33(39)41-24-42-34)32(43-47)28-13-12-27(19-29(28)38)50-26-10-6-5-7-11-26/h5-7,10-13,19-20,24-25H,8-9,14-18,21-23H2,1-3H3,(H2,39,41,42)/t25-/m1/s1. The number of hydrogen-bond donors (Lipinski definition) is 1. The third-order valence-electron chi connectivity index (χ3n) is 10.2. The highest BCUT2D eigenvalue weighted by Gasteiger charge is 2.42. The van der Waals surface area contributed by atoms with Crippen LogP contribution in [0.1, 0.15) is 39.7 Å². The van der Waals surface area contributed by atoms with Gasteiger partial charge in [0.05, 0.1) is 36.8 Å². The minimum Gasteiger partial charge on any atom is -0.457 e. The number of amides is 1. The van der Waals surface area contributed by atoms with Gasteiger partial charge in [-0.05, 0) is 57.9 Å². The summed E-state index contributed by atoms with van der Waals surface area (Å²) >= 11 is 0. The van der Waals surface area contributed by atoms with E-state index in [0.29, 0.717) is 54.2 Å². The van der Waals surface area contributed by atoms with Gasteiger partial charge in [0.15, 0.2) is 5.65 Å². The lowest BCUT2D eigenvalue weighted by Crippen LogP contribution is -2.66. The first-order valence-corrected chi connectivity index (χ1v) is 17.1. The fourth-order valence-corrected chi connectivity index (χ4v) is 7.29. The predicted octanol–water partition coefficient (Wildman–Crippen LogP) is 5.16. The van der Waals surface area contributed by atoms with Crippen LogP contribution in [0.3, 0.4) is 0 Å². The summed E-state index contributed by atoms with van der Waals surface area (Å²) in [6.45, 7) is 20.2. The van der Waals surface area contributed by atoms with Crippen LogP contribution in [0.2, 0.25) is 0 Å². The Balaban J connectivity index is 1.11. The molecule has 0 saturated carbocycles. The Morgan fingerprint density at radius 1 is 1.10 bits per heavy atom. The average Bonchev–Trinajstić information content (AvgIpc) is 3.50. The van der Waals surface area contributed by atoms with Gasteiger partial charge in [0.2, 0.25) is 5.70 Å². The highest BCUT2D eigenvalue weighted by molar-refractivity contribution is 5.98. The van der Waals surface area contributed by atoms with Crippen LogP contribution in [0.4, 0.5) is 10.2 Å². The SMILES string of the molecule is [C-]#[N+]C(=CC(C)(C)N1CCN(C2(C)COC2)CC1)C(=O)N1CCC[C@@H](n2nc(-c3ccc(Oc4ccccc4)cc3F)c3c(N)ncnc32)C1. The number of carbonyl (C=O) groups excluding carboxylic acids is 1. The van der Waals surface area contributed by atoms with Crippen molar-refractivity contribution >= 4 is 22.8 Å². The number of anilines is 1. The minimum atomic E-state index is -0.532. The molecule has 7 rings (SSSR count). The number of likely N-dealkylation sites (tertiary alicyclic amines) is 1. The summed E-state index contributed by atoms with van der Waals surface area (Å²) in [5, 5.41) is 5.29. The Bertz CT molecular complexity index is 1960. The number of halogens is 1. The fourth-order valence-electron chi connectivity index (χ4n) is 7.29. The lowest BCUT2D eigenvalue weighted by atomic mass is 9.94. The molecule has 2 N–H and O–H groups in total. The molecule has 2 aromatic carbocycles. The molecule has 0 spiro atoms. The second-order valence-corrected chi connectivity index (χ2v) is 14.1. The van der Waals surface area contributed by atoms with Gasteiger partial charge in [0, 0.05) is 56.4 Å². The Kier molecular flexibility index (Phi) is 9.02. The zero-order valence-corrected chi connectivity index (χ0v) is 28.7. The Labute approximate surface area is 291 Å². The Morgan fingerprint density at radius 2 is 1.86 bits per heavy atom. The first-order chi connectivity index (χ1) is 24.1. The number of ether oxygens (including phenoxy) is 2. The molecule has 3 aliphatic heterocycles. The maximum absolute atomic E-state index is 15.7. The van der Waals surface area contributed by atoms with Crippen molar-refractivity contribution in [2.24, 2.45) is 0 Å². The summed E-state index contributed by atoms with van der Waals surface area (Å²) < 4.78 is 28.7. The predicted molar refractivity (Wildman–Crippen MR) is 188 cm³/mol. The number of aromatic nitrogens is 4. The zero-order chi connectivity index (χ0) is 35.0. The average molecular weight is 680 g/mol. The second kappa shape index (κ2) is 13.4. The van der Waals surface area contributed by atoms with Gasteiger partial charge < -0.3 is 20.1 Å². The largest absolute Gasteiger partial charge is 0.457 e. The first kappa shape index (κ1) is 33.6. The number of fused-ring (bicyclic) bond motifs is 1. The molecule has 0 unspecified atom stereocenters. The molecule has 50 heavy (non-hydrogen) atoms. The molecule has 4 aromatic rings. The topological polar surface area (TPSA) is 119 Å². The van der Waals surface area contributed by atoms with E-state index in [1.54, 1.807) is 33.8 Å². The van der Waals surface area contributed by atoms with Crippen LogP contribution >= 0.6 is 0 Å². The Morgan fingerprint density at radius 3 is 2.54 bits per heavy atom. The number of nitrogen functional groups attached to an aromatic ring is 1. The molecule has 1 atom stereocenters. The van der Waals surface area contributed by atoms with Crippen LogP contribution in [0.15, 0.2) is 66.6 Å². The summed E-state index contributed by atoms with van der Waals surface area (Å²) in [5.41, 5.74) is 7.07. The quantitative estimate of drug-likeness (QED) is 0.199. The smallest absolute Gasteiger partial charge is 0.252 e. The molecule has 13 heteroatoms. The number of para-hydroxylation sites is 1. The fraction of sp³-hybridized carbons (Fsp3) is 0.432. The molecule has 0 radical (unpaired) electrons. The summed E-state index contributed by atoms with van der Waals surface area (Å²) in [6, 6.07) is 13.5. The second-order valence-electron chi connectivity index (χ2n) is 14.1. The van der Waals surface area contributed by atoms with Crippen LogP contribution in [-0.4, -0.2) is 104 Å². The van der Waals surface area contributed by atoms with E-state index in [9.17, 15) is 4.79 Å². The van der Waals surface area contributed by atoms with E-state index in [4.69, 9.17) is 26.9 Å². The van der Waals surface area contributed by atoms with Crippen LogP contribution in [0, 0.1) is 12.4 Å². The Hall–Kier alpha value is -4.90. The van der Waals surface area contributed by atoms with E-state index in [0.717, 1.165) is 39.4 Å². The van der Waals surface area contributed by atoms with Crippen molar-refractivity contribution in [3.8, 4) is 22.8 Å². The van der Waals surface area contributed by atoms with Crippen molar-refractivity contribution in [3.63, 3.8) is 0 Å². The van der Waals surface area contributed by atoms with E-state index in [-0.39, 0.29) is 34.6 Å². The molecule has 0 bridgehead atoms. The van der Waals surface area contributed by atoms with Crippen LogP contribution < -0.4 is 10.5 Å². The van der Waals surface area contributed by atoms with E-state index in [1.165, 1.54) is 12.4 Å². The zero-order valence-electron chi connectivity index (χ0n) is 28.7. The molecule has 12 nitrogen and oxygen atoms in total. The van der Waals surface area contributed by atoms with Gasteiger partial charge in [0.1, 0.15) is 35.2 Å². The molecule has 3 saturated heterocycles. The number of piperidine rings is 1. The number of hydrogen-bond acceptors (Lipinski definition) is 9. The summed E-state index contributed by atoms with van der Waals surface area (Å²) in [4.78, 5) is 32.9. The molecule has 0 aliphatic carbocycles. The third-order valence-corrected chi connectivity index (χ3v) is 10.2. The van der Waals surface area contributed by atoms with Crippen LogP contribution in [-0.2, 0) is 9.53 Å². The monoisotopic (exact) mass is 679 g/mol. The number of piperazine rings is 1. The molecule has 260 valence electrons. The normalized spacial score (nSPS) is 20.3. The number of nitrogens with zero attached hydrogens (tertiary/aromatic N) is 8. The van der Waals surface area contributed by atoms with Crippen LogP contribution in [0.25, 0.3) is 27.1 Å². The van der Waals surface area contributed by atoms with Gasteiger partial charge in [-0.25, -0.2) is 23.9 Å². The van der Waals surface area contributed by atoms with E-state index >= 15 is 4.39 Å². The summed E-state index contributed by atoms with van der Waals surface area (Å²) in [6.07, 6.45) is 4.60. The molecule has 3 fully saturated rings. The van der Waals surface area contributed by atoms with Gasteiger partial charge in [-0.15, -0.1) is 0 Å². The lowest BCUT2D eigenvalue weighted by Gasteiger charge is -2.52. The maximum Gasteiger partial charge on any atom is 0.252 e. The van der Waals surface area contributed by atoms with Crippen molar-refractivity contribution < 1.29 is 18.7 Å². The molecular weight excluding hydrogens is 637 g/mol. The molecular formula is C37H42FN9O3. The van der Waals surface area contributed by atoms with Crippen molar-refractivity contribution in [2.45, 2.75) is 50.7 Å². The van der Waals surface area contributed by atoms with Gasteiger partial charge >= 0.3 is 0 Å². The van der Waals surface area contributed by atoms with Crippen LogP contribution in [0.5, 0.6) is 11.5 Å². The van der Waals surface area contributed by atoms with Gasteiger partial charge in [-0.1, -0.05) is 24.3 Å². The highest BCUT2D eigenvalue weighted by Crippen LogP contribution is 2.37. The minimum absolute atomic E-state index is 0.100. The van der Waals surface area contributed by atoms with Crippen molar-refractivity contribution in [3.05, 3.63) is 83.9 Å². The molecule has 2 aromatic heterocycles.